The van der Waals surface area contributed by atoms with Gasteiger partial charge in [0.15, 0.2) is 0 Å². The normalized spacial score (nSPS) is 17.3. The quantitative estimate of drug-likeness (QED) is 0.871. The molecule has 0 radical (unpaired) electrons. The maximum absolute atomic E-state index is 5.87. The van der Waals surface area contributed by atoms with Crippen molar-refractivity contribution in [3.63, 3.8) is 0 Å². The van der Waals surface area contributed by atoms with Gasteiger partial charge in [-0.25, -0.2) is 4.98 Å². The molecule has 0 aromatic carbocycles. The Labute approximate surface area is 130 Å². The Hall–Kier alpha value is -1.66. The van der Waals surface area contributed by atoms with Crippen LogP contribution in [0.4, 0.5) is 5.82 Å². The minimum absolute atomic E-state index is 0.220. The van der Waals surface area contributed by atoms with Crippen LogP contribution in [0, 0.1) is 0 Å². The van der Waals surface area contributed by atoms with Crippen LogP contribution in [0.15, 0.2) is 30.6 Å². The van der Waals surface area contributed by atoms with Gasteiger partial charge in [-0.3, -0.25) is 9.30 Å². The zero-order chi connectivity index (χ0) is 15.0. The van der Waals surface area contributed by atoms with E-state index in [4.69, 9.17) is 18.0 Å². The van der Waals surface area contributed by atoms with Crippen LogP contribution in [0.1, 0.15) is 13.8 Å². The lowest BCUT2D eigenvalue weighted by Crippen LogP contribution is -2.59. The minimum atomic E-state index is -0.220. The molecule has 0 spiro atoms. The number of aromatic nitrogens is 2. The summed E-state index contributed by atoms with van der Waals surface area (Å²) < 4.78 is 2.13. The molecule has 0 atom stereocenters. The van der Waals surface area contributed by atoms with Crippen LogP contribution in [-0.4, -0.2) is 51.0 Å². The van der Waals surface area contributed by atoms with Crippen LogP contribution in [0.5, 0.6) is 0 Å². The van der Waals surface area contributed by atoms with E-state index in [2.05, 4.69) is 45.2 Å². The van der Waals surface area contributed by atoms with Gasteiger partial charge in [0.2, 0.25) is 0 Å². The summed E-state index contributed by atoms with van der Waals surface area (Å²) in [5.41, 5.74) is 6.64. The summed E-state index contributed by atoms with van der Waals surface area (Å²) in [6, 6.07) is 6.22. The van der Waals surface area contributed by atoms with Crippen LogP contribution in [0.3, 0.4) is 0 Å². The van der Waals surface area contributed by atoms with Crippen molar-refractivity contribution in [1.82, 2.24) is 14.3 Å². The molecule has 3 heterocycles. The molecule has 1 aliphatic heterocycles. The number of piperazine rings is 1. The summed E-state index contributed by atoms with van der Waals surface area (Å²) in [6.07, 6.45) is 3.85. The topological polar surface area (TPSA) is 49.8 Å². The molecule has 0 unspecified atom stereocenters. The molecule has 1 fully saturated rings. The van der Waals surface area contributed by atoms with Crippen molar-refractivity contribution in [2.45, 2.75) is 19.4 Å². The number of nitrogens with zero attached hydrogens (tertiary/aromatic N) is 4. The predicted molar refractivity (Wildman–Crippen MR) is 89.8 cm³/mol. The molecule has 2 N–H and O–H groups in total. The number of rotatable bonds is 3. The van der Waals surface area contributed by atoms with Gasteiger partial charge in [-0.2, -0.15) is 0 Å². The lowest BCUT2D eigenvalue weighted by Gasteiger charge is -2.44. The van der Waals surface area contributed by atoms with Gasteiger partial charge in [0.05, 0.1) is 10.5 Å². The molecular weight excluding hydrogens is 282 g/mol. The third kappa shape index (κ3) is 2.49. The van der Waals surface area contributed by atoms with Crippen LogP contribution in [-0.2, 0) is 0 Å². The minimum Gasteiger partial charge on any atom is -0.392 e. The number of thiocarbonyl (C=S) groups is 1. The maximum Gasteiger partial charge on any atom is 0.138 e. The SMILES string of the molecule is CC(C)(C(N)=S)N1CCN(c2cccc3nccn23)CC1. The Kier molecular flexibility index (Phi) is 3.59. The second-order valence-electron chi connectivity index (χ2n) is 5.94. The van der Waals surface area contributed by atoms with E-state index in [1.165, 1.54) is 5.82 Å². The zero-order valence-electron chi connectivity index (χ0n) is 12.5. The van der Waals surface area contributed by atoms with Crippen molar-refractivity contribution in [2.75, 3.05) is 31.1 Å². The van der Waals surface area contributed by atoms with E-state index in [-0.39, 0.29) is 5.54 Å². The second-order valence-corrected chi connectivity index (χ2v) is 6.38. The van der Waals surface area contributed by atoms with Crippen molar-refractivity contribution in [1.29, 1.82) is 0 Å². The summed E-state index contributed by atoms with van der Waals surface area (Å²) >= 11 is 5.20. The van der Waals surface area contributed by atoms with Crippen molar-refractivity contribution < 1.29 is 0 Å². The average Bonchev–Trinajstić information content (AvgIpc) is 2.95. The van der Waals surface area contributed by atoms with E-state index >= 15 is 0 Å². The second kappa shape index (κ2) is 5.27. The van der Waals surface area contributed by atoms with Crippen molar-refractivity contribution in [3.05, 3.63) is 30.6 Å². The van der Waals surface area contributed by atoms with E-state index in [1.807, 2.05) is 18.5 Å². The van der Waals surface area contributed by atoms with E-state index in [9.17, 15) is 0 Å². The van der Waals surface area contributed by atoms with Crippen molar-refractivity contribution >= 4 is 28.7 Å². The first-order valence-electron chi connectivity index (χ1n) is 7.22. The zero-order valence-corrected chi connectivity index (χ0v) is 13.3. The number of hydrogen-bond acceptors (Lipinski definition) is 4. The molecule has 1 aliphatic rings. The van der Waals surface area contributed by atoms with Gasteiger partial charge in [0.1, 0.15) is 11.5 Å². The molecule has 0 aliphatic carbocycles. The summed E-state index contributed by atoms with van der Waals surface area (Å²) in [4.78, 5) is 9.66. The molecule has 112 valence electrons. The van der Waals surface area contributed by atoms with Gasteiger partial charge in [0.25, 0.3) is 0 Å². The summed E-state index contributed by atoms with van der Waals surface area (Å²) in [7, 11) is 0. The maximum atomic E-state index is 5.87. The number of fused-ring (bicyclic) bond motifs is 1. The Morgan fingerprint density at radius 2 is 1.95 bits per heavy atom. The molecule has 21 heavy (non-hydrogen) atoms. The van der Waals surface area contributed by atoms with Gasteiger partial charge in [-0.1, -0.05) is 18.3 Å². The highest BCUT2D eigenvalue weighted by atomic mass is 32.1. The first kappa shape index (κ1) is 14.3. The highest BCUT2D eigenvalue weighted by Gasteiger charge is 2.32. The summed E-state index contributed by atoms with van der Waals surface area (Å²) in [6.45, 7) is 8.03. The molecule has 0 saturated carbocycles. The monoisotopic (exact) mass is 303 g/mol. The fourth-order valence-corrected chi connectivity index (χ4v) is 2.97. The number of hydrogen-bond donors (Lipinski definition) is 1. The first-order chi connectivity index (χ1) is 10.00. The molecule has 0 amide bonds. The number of pyridine rings is 1. The van der Waals surface area contributed by atoms with Gasteiger partial charge in [-0.15, -0.1) is 0 Å². The Morgan fingerprint density at radius 1 is 1.24 bits per heavy atom. The van der Waals surface area contributed by atoms with Crippen LogP contribution in [0.2, 0.25) is 0 Å². The Balaban J connectivity index is 1.77. The summed E-state index contributed by atoms with van der Waals surface area (Å²) in [5.74, 6) is 1.19. The lowest BCUT2D eigenvalue weighted by molar-refractivity contribution is 0.168. The third-order valence-electron chi connectivity index (χ3n) is 4.40. The molecule has 6 heteroatoms. The first-order valence-corrected chi connectivity index (χ1v) is 7.63. The predicted octanol–water partition coefficient (Wildman–Crippen LogP) is 1.52. The van der Waals surface area contributed by atoms with Crippen molar-refractivity contribution in [2.24, 2.45) is 5.73 Å². The molecule has 3 rings (SSSR count). The largest absolute Gasteiger partial charge is 0.392 e. The molecule has 2 aromatic heterocycles. The van der Waals surface area contributed by atoms with Crippen molar-refractivity contribution in [3.8, 4) is 0 Å². The number of anilines is 1. The third-order valence-corrected chi connectivity index (χ3v) is 4.90. The van der Waals surface area contributed by atoms with Crippen LogP contribution in [0.25, 0.3) is 5.65 Å². The highest BCUT2D eigenvalue weighted by molar-refractivity contribution is 7.80. The number of imidazole rings is 1. The molecule has 2 aromatic rings. The fraction of sp³-hybridized carbons (Fsp3) is 0.467. The fourth-order valence-electron chi connectivity index (χ4n) is 2.84. The van der Waals surface area contributed by atoms with Gasteiger partial charge in [0, 0.05) is 38.6 Å². The smallest absolute Gasteiger partial charge is 0.138 e. The van der Waals surface area contributed by atoms with E-state index < -0.39 is 0 Å². The van der Waals surface area contributed by atoms with Crippen LogP contribution < -0.4 is 10.6 Å². The standard InChI is InChI=1S/C15H21N5S/c1-15(2,14(16)21)19-10-8-18(9-11-19)13-5-3-4-12-17-6-7-20(12)13/h3-7H,8-11H2,1-2H3,(H2,16,21). The van der Waals surface area contributed by atoms with E-state index in [1.54, 1.807) is 0 Å². The lowest BCUT2D eigenvalue weighted by atomic mass is 10.0. The van der Waals surface area contributed by atoms with E-state index in [0.29, 0.717) is 4.99 Å². The molecule has 5 nitrogen and oxygen atoms in total. The Morgan fingerprint density at radius 3 is 2.62 bits per heavy atom. The number of nitrogens with two attached hydrogens (primary N) is 1. The van der Waals surface area contributed by atoms with E-state index in [0.717, 1.165) is 31.8 Å². The van der Waals surface area contributed by atoms with Gasteiger partial charge < -0.3 is 10.6 Å². The van der Waals surface area contributed by atoms with Gasteiger partial charge in [-0.05, 0) is 26.0 Å². The molecule has 1 saturated heterocycles. The van der Waals surface area contributed by atoms with Crippen LogP contribution >= 0.6 is 12.2 Å². The highest BCUT2D eigenvalue weighted by Crippen LogP contribution is 2.22. The molecule has 0 bridgehead atoms. The van der Waals surface area contributed by atoms with Gasteiger partial charge >= 0.3 is 0 Å². The average molecular weight is 303 g/mol. The Bertz CT molecular complexity index is 655. The summed E-state index contributed by atoms with van der Waals surface area (Å²) in [5, 5.41) is 0. The molecular formula is C15H21N5S.